The van der Waals surface area contributed by atoms with Crippen molar-refractivity contribution in [2.75, 3.05) is 0 Å². The van der Waals surface area contributed by atoms with E-state index in [1.165, 1.54) is 0 Å². The molecule has 0 fully saturated rings. The highest BCUT2D eigenvalue weighted by Crippen LogP contribution is 2.26. The molecule has 0 aliphatic carbocycles. The van der Waals surface area contributed by atoms with Crippen LogP contribution in [0.2, 0.25) is 0 Å². The van der Waals surface area contributed by atoms with E-state index in [1.54, 1.807) is 23.0 Å². The summed E-state index contributed by atoms with van der Waals surface area (Å²) in [6.07, 6.45) is 3.26. The fourth-order valence-electron chi connectivity index (χ4n) is 3.23. The molecule has 0 amide bonds. The van der Waals surface area contributed by atoms with Crippen molar-refractivity contribution < 1.29 is 0 Å². The normalized spacial score (nSPS) is 11.1. The number of hydrogen-bond donors (Lipinski definition) is 0. The third-order valence-electron chi connectivity index (χ3n) is 4.37. The van der Waals surface area contributed by atoms with E-state index >= 15 is 0 Å². The lowest BCUT2D eigenvalue weighted by molar-refractivity contribution is 0.619. The summed E-state index contributed by atoms with van der Waals surface area (Å²) in [6, 6.07) is 21.6. The van der Waals surface area contributed by atoms with E-state index in [4.69, 9.17) is 0 Å². The van der Waals surface area contributed by atoms with Crippen LogP contribution >= 0.6 is 0 Å². The summed E-state index contributed by atoms with van der Waals surface area (Å²) >= 11 is 0. The first kappa shape index (κ1) is 15.3. The molecule has 0 aliphatic heterocycles. The first-order valence-corrected chi connectivity index (χ1v) is 8.18. The topological polar surface area (TPSA) is 47.8 Å². The molecule has 4 rings (SSSR count). The summed E-state index contributed by atoms with van der Waals surface area (Å²) in [4.78, 5) is 21.9. The van der Waals surface area contributed by atoms with Gasteiger partial charge in [0.2, 0.25) is 0 Å². The zero-order chi connectivity index (χ0) is 17.2. The van der Waals surface area contributed by atoms with Crippen LogP contribution < -0.4 is 5.56 Å². The van der Waals surface area contributed by atoms with Crippen LogP contribution in [0, 0.1) is 6.92 Å². The second-order valence-corrected chi connectivity index (χ2v) is 5.95. The molecule has 4 nitrogen and oxygen atoms in total. The van der Waals surface area contributed by atoms with Crippen LogP contribution in [0.15, 0.2) is 83.9 Å². The minimum atomic E-state index is -0.222. The maximum Gasteiger partial charge on any atom is 0.262 e. The lowest BCUT2D eigenvalue weighted by atomic mass is 9.98. The standard InChI is InChI=1S/C21H17N3O/c1-15-23-19-14-22-13-12-18(19)21(25)24(15)20(16-8-4-2-5-9-16)17-10-6-3-7-11-17/h2-14,20H,1H3. The molecule has 0 bridgehead atoms. The summed E-state index contributed by atoms with van der Waals surface area (Å²) in [5, 5.41) is 0.581. The smallest absolute Gasteiger partial charge is 0.262 e. The lowest BCUT2D eigenvalue weighted by Crippen LogP contribution is -2.29. The molecule has 0 aliphatic rings. The van der Waals surface area contributed by atoms with Gasteiger partial charge < -0.3 is 0 Å². The highest BCUT2D eigenvalue weighted by molar-refractivity contribution is 5.76. The Labute approximate surface area is 145 Å². The van der Waals surface area contributed by atoms with Crippen molar-refractivity contribution in [3.8, 4) is 0 Å². The van der Waals surface area contributed by atoms with Crippen LogP contribution in [0.3, 0.4) is 0 Å². The molecule has 122 valence electrons. The van der Waals surface area contributed by atoms with E-state index in [0.717, 1.165) is 11.1 Å². The summed E-state index contributed by atoms with van der Waals surface area (Å²) in [5.74, 6) is 0.670. The van der Waals surface area contributed by atoms with Crippen molar-refractivity contribution >= 4 is 10.9 Å². The van der Waals surface area contributed by atoms with Crippen molar-refractivity contribution in [2.45, 2.75) is 13.0 Å². The first-order valence-electron chi connectivity index (χ1n) is 8.18. The van der Waals surface area contributed by atoms with E-state index in [2.05, 4.69) is 9.97 Å². The van der Waals surface area contributed by atoms with Crippen LogP contribution in [-0.2, 0) is 0 Å². The van der Waals surface area contributed by atoms with E-state index in [-0.39, 0.29) is 11.6 Å². The van der Waals surface area contributed by atoms with Gasteiger partial charge >= 0.3 is 0 Å². The SMILES string of the molecule is Cc1nc2cnccc2c(=O)n1C(c1ccccc1)c1ccccc1. The number of fused-ring (bicyclic) bond motifs is 1. The second kappa shape index (κ2) is 6.32. The van der Waals surface area contributed by atoms with Crippen LogP contribution in [0.1, 0.15) is 23.0 Å². The summed E-state index contributed by atoms with van der Waals surface area (Å²) in [7, 11) is 0. The Kier molecular flexibility index (Phi) is 3.86. The van der Waals surface area contributed by atoms with E-state index in [1.807, 2.05) is 67.6 Å². The zero-order valence-corrected chi connectivity index (χ0v) is 13.8. The van der Waals surface area contributed by atoms with Crippen LogP contribution in [-0.4, -0.2) is 14.5 Å². The molecule has 2 aromatic heterocycles. The number of pyridine rings is 1. The summed E-state index contributed by atoms with van der Waals surface area (Å²) in [5.41, 5.74) is 2.67. The Hall–Kier alpha value is -3.27. The molecule has 2 heterocycles. The van der Waals surface area contributed by atoms with Gasteiger partial charge in [0, 0.05) is 6.20 Å². The van der Waals surface area contributed by atoms with Crippen molar-refractivity contribution in [1.29, 1.82) is 0 Å². The van der Waals surface area contributed by atoms with Gasteiger partial charge in [-0.15, -0.1) is 0 Å². The van der Waals surface area contributed by atoms with Gasteiger partial charge in [-0.3, -0.25) is 14.3 Å². The van der Waals surface area contributed by atoms with Crippen molar-refractivity contribution in [3.05, 3.63) is 106 Å². The fraction of sp³-hybridized carbons (Fsp3) is 0.0952. The third kappa shape index (κ3) is 2.72. The quantitative estimate of drug-likeness (QED) is 0.576. The van der Waals surface area contributed by atoms with Crippen LogP contribution in [0.5, 0.6) is 0 Å². The van der Waals surface area contributed by atoms with Gasteiger partial charge in [0.25, 0.3) is 5.56 Å². The Morgan fingerprint density at radius 1 is 0.880 bits per heavy atom. The number of benzene rings is 2. The number of aromatic nitrogens is 3. The predicted octanol–water partition coefficient (Wildman–Crippen LogP) is 3.74. The molecule has 0 saturated heterocycles. The van der Waals surface area contributed by atoms with Gasteiger partial charge in [0.15, 0.2) is 0 Å². The summed E-state index contributed by atoms with van der Waals surface area (Å²) in [6.45, 7) is 1.87. The summed E-state index contributed by atoms with van der Waals surface area (Å²) < 4.78 is 1.77. The minimum absolute atomic E-state index is 0.0531. The third-order valence-corrected chi connectivity index (χ3v) is 4.37. The zero-order valence-electron chi connectivity index (χ0n) is 13.8. The average Bonchev–Trinajstić information content (AvgIpc) is 2.66. The molecule has 0 radical (unpaired) electrons. The predicted molar refractivity (Wildman–Crippen MR) is 98.7 cm³/mol. The average molecular weight is 327 g/mol. The van der Waals surface area contributed by atoms with Gasteiger partial charge in [-0.25, -0.2) is 4.98 Å². The fourth-order valence-corrected chi connectivity index (χ4v) is 3.23. The van der Waals surface area contributed by atoms with E-state index in [9.17, 15) is 4.79 Å². The number of nitrogens with zero attached hydrogens (tertiary/aromatic N) is 3. The van der Waals surface area contributed by atoms with Gasteiger partial charge in [-0.05, 0) is 24.1 Å². The largest absolute Gasteiger partial charge is 0.285 e. The maximum absolute atomic E-state index is 13.2. The highest BCUT2D eigenvalue weighted by atomic mass is 16.1. The molecule has 4 aromatic rings. The van der Waals surface area contributed by atoms with Crippen molar-refractivity contribution in [2.24, 2.45) is 0 Å². The number of rotatable bonds is 3. The lowest BCUT2D eigenvalue weighted by Gasteiger charge is -2.23. The Morgan fingerprint density at radius 3 is 2.08 bits per heavy atom. The first-order chi connectivity index (χ1) is 12.3. The molecule has 4 heteroatoms. The molecular formula is C21H17N3O. The molecule has 0 N–H and O–H groups in total. The number of aryl methyl sites for hydroxylation is 1. The molecule has 0 unspecified atom stereocenters. The monoisotopic (exact) mass is 327 g/mol. The maximum atomic E-state index is 13.2. The van der Waals surface area contributed by atoms with Gasteiger partial charge in [0.1, 0.15) is 5.82 Å². The van der Waals surface area contributed by atoms with E-state index in [0.29, 0.717) is 16.7 Å². The van der Waals surface area contributed by atoms with E-state index < -0.39 is 0 Å². The van der Waals surface area contributed by atoms with Crippen LogP contribution in [0.25, 0.3) is 10.9 Å². The highest BCUT2D eigenvalue weighted by Gasteiger charge is 2.21. The van der Waals surface area contributed by atoms with Gasteiger partial charge in [0.05, 0.1) is 23.1 Å². The van der Waals surface area contributed by atoms with Gasteiger partial charge in [-0.1, -0.05) is 60.7 Å². The Balaban J connectivity index is 2.04. The van der Waals surface area contributed by atoms with Crippen molar-refractivity contribution in [3.63, 3.8) is 0 Å². The van der Waals surface area contributed by atoms with Crippen LogP contribution in [0.4, 0.5) is 0 Å². The molecule has 2 aromatic carbocycles. The second-order valence-electron chi connectivity index (χ2n) is 5.95. The minimum Gasteiger partial charge on any atom is -0.285 e. The number of hydrogen-bond acceptors (Lipinski definition) is 3. The molecule has 0 saturated carbocycles. The molecule has 0 atom stereocenters. The van der Waals surface area contributed by atoms with Gasteiger partial charge in [-0.2, -0.15) is 0 Å². The molecule has 25 heavy (non-hydrogen) atoms. The molecular weight excluding hydrogens is 310 g/mol. The van der Waals surface area contributed by atoms with Crippen molar-refractivity contribution in [1.82, 2.24) is 14.5 Å². The Morgan fingerprint density at radius 2 is 1.48 bits per heavy atom. The Bertz CT molecular complexity index is 1030. The molecule has 0 spiro atoms.